The number of halogens is 3. The summed E-state index contributed by atoms with van der Waals surface area (Å²) in [5.74, 6) is 0.0465. The van der Waals surface area contributed by atoms with Crippen molar-refractivity contribution in [3.05, 3.63) is 48.0 Å². The van der Waals surface area contributed by atoms with Crippen molar-refractivity contribution in [2.75, 3.05) is 5.32 Å². The number of aliphatic hydroxyl groups excluding tert-OH is 1. The largest absolute Gasteiger partial charge is 0.507 e. The molecule has 29 heavy (non-hydrogen) atoms. The second-order valence-corrected chi connectivity index (χ2v) is 7.33. The highest BCUT2D eigenvalue weighted by Gasteiger charge is 2.31. The van der Waals surface area contributed by atoms with Crippen LogP contribution < -0.4 is 5.32 Å². The number of rotatable bonds is 3. The Morgan fingerprint density at radius 3 is 2.45 bits per heavy atom. The summed E-state index contributed by atoms with van der Waals surface area (Å²) in [6, 6.07) is 10.2. The molecule has 152 valence electrons. The van der Waals surface area contributed by atoms with E-state index < -0.39 is 17.5 Å². The van der Waals surface area contributed by atoms with Gasteiger partial charge in [0.05, 0.1) is 11.7 Å². The number of fused-ring (bicyclic) bond motifs is 1. The molecule has 1 aliphatic rings. The topological polar surface area (TPSA) is 78.3 Å². The first-order valence-corrected chi connectivity index (χ1v) is 9.43. The Morgan fingerprint density at radius 2 is 1.76 bits per heavy atom. The van der Waals surface area contributed by atoms with E-state index in [0.717, 1.165) is 30.7 Å². The van der Waals surface area contributed by atoms with Crippen LogP contribution in [0.1, 0.15) is 31.2 Å². The smallest absolute Gasteiger partial charge is 0.416 e. The van der Waals surface area contributed by atoms with Gasteiger partial charge in [-0.25, -0.2) is 0 Å². The number of nitrogens with one attached hydrogen (secondary N) is 1. The average Bonchev–Trinajstić information content (AvgIpc) is 2.68. The summed E-state index contributed by atoms with van der Waals surface area (Å²) in [6.07, 6.45) is -1.64. The second-order valence-electron chi connectivity index (χ2n) is 7.33. The van der Waals surface area contributed by atoms with Crippen molar-refractivity contribution >= 4 is 16.6 Å². The van der Waals surface area contributed by atoms with Gasteiger partial charge in [0.2, 0.25) is 0 Å². The molecule has 0 bridgehead atoms. The fourth-order valence-corrected chi connectivity index (χ4v) is 3.81. The van der Waals surface area contributed by atoms with E-state index in [4.69, 9.17) is 0 Å². The van der Waals surface area contributed by atoms with Crippen molar-refractivity contribution in [3.63, 3.8) is 0 Å². The van der Waals surface area contributed by atoms with Crippen LogP contribution in [0.5, 0.6) is 5.75 Å². The van der Waals surface area contributed by atoms with Gasteiger partial charge in [-0.15, -0.1) is 10.2 Å². The molecule has 0 radical (unpaired) electrons. The number of phenols is 1. The van der Waals surface area contributed by atoms with Crippen molar-refractivity contribution < 1.29 is 23.4 Å². The zero-order valence-corrected chi connectivity index (χ0v) is 15.4. The van der Waals surface area contributed by atoms with Gasteiger partial charge in [-0.3, -0.25) is 0 Å². The van der Waals surface area contributed by atoms with Crippen molar-refractivity contribution in [2.24, 2.45) is 0 Å². The number of nitrogens with zero attached hydrogens (tertiary/aromatic N) is 2. The van der Waals surface area contributed by atoms with Gasteiger partial charge in [0, 0.05) is 22.4 Å². The molecule has 1 fully saturated rings. The lowest BCUT2D eigenvalue weighted by molar-refractivity contribution is -0.137. The van der Waals surface area contributed by atoms with Crippen LogP contribution in [0.15, 0.2) is 42.5 Å². The fraction of sp³-hybridized carbons (Fsp3) is 0.333. The van der Waals surface area contributed by atoms with Crippen LogP contribution in [0.25, 0.3) is 22.0 Å². The van der Waals surface area contributed by atoms with Crippen molar-refractivity contribution in [1.82, 2.24) is 10.2 Å². The number of aliphatic hydroxyl groups is 1. The van der Waals surface area contributed by atoms with E-state index >= 15 is 0 Å². The fourth-order valence-electron chi connectivity index (χ4n) is 3.81. The number of alkyl halides is 3. The van der Waals surface area contributed by atoms with Gasteiger partial charge in [0.15, 0.2) is 5.82 Å². The summed E-state index contributed by atoms with van der Waals surface area (Å²) in [7, 11) is 0. The van der Waals surface area contributed by atoms with Gasteiger partial charge in [-0.05, 0) is 43.9 Å². The van der Waals surface area contributed by atoms with E-state index in [2.05, 4.69) is 15.5 Å². The maximum atomic E-state index is 12.9. The molecule has 1 aromatic heterocycles. The first-order valence-electron chi connectivity index (χ1n) is 9.43. The van der Waals surface area contributed by atoms with E-state index in [1.165, 1.54) is 6.07 Å². The standard InChI is InChI=1S/C21H20F3N3O2/c22-21(23,24)12-8-9-17(18(29)10-12)19-15-6-1-2-7-16(15)20(27-26-19)25-13-4-3-5-14(28)11-13/h1-2,6-10,13-14,28-29H,3-5,11H2,(H,25,27)/t13-,14-/m0/s1. The average molecular weight is 403 g/mol. The highest BCUT2D eigenvalue weighted by atomic mass is 19.4. The molecule has 0 amide bonds. The van der Waals surface area contributed by atoms with Gasteiger partial charge < -0.3 is 15.5 Å². The number of anilines is 1. The summed E-state index contributed by atoms with van der Waals surface area (Å²) in [5.41, 5.74) is -0.437. The van der Waals surface area contributed by atoms with E-state index in [9.17, 15) is 23.4 Å². The van der Waals surface area contributed by atoms with Crippen molar-refractivity contribution in [3.8, 4) is 17.0 Å². The number of aromatic nitrogens is 2. The third-order valence-corrected chi connectivity index (χ3v) is 5.25. The number of hydrogen-bond acceptors (Lipinski definition) is 5. The molecular weight excluding hydrogens is 383 g/mol. The number of aromatic hydroxyl groups is 1. The predicted octanol–water partition coefficient (Wildman–Crippen LogP) is 4.74. The summed E-state index contributed by atoms with van der Waals surface area (Å²) in [4.78, 5) is 0. The lowest BCUT2D eigenvalue weighted by atomic mass is 9.93. The van der Waals surface area contributed by atoms with Gasteiger partial charge in [-0.2, -0.15) is 13.2 Å². The molecule has 1 heterocycles. The van der Waals surface area contributed by atoms with Gasteiger partial charge in [0.1, 0.15) is 11.4 Å². The van der Waals surface area contributed by atoms with Crippen LogP contribution in [-0.2, 0) is 6.18 Å². The highest BCUT2D eigenvalue weighted by Crippen LogP contribution is 2.39. The van der Waals surface area contributed by atoms with Crippen molar-refractivity contribution in [1.29, 1.82) is 0 Å². The van der Waals surface area contributed by atoms with Crippen molar-refractivity contribution in [2.45, 2.75) is 44.0 Å². The molecule has 3 N–H and O–H groups in total. The molecular formula is C21H20F3N3O2. The molecule has 1 aliphatic carbocycles. The van der Waals surface area contributed by atoms with E-state index in [1.54, 1.807) is 12.1 Å². The Bertz CT molecular complexity index is 1040. The summed E-state index contributed by atoms with van der Waals surface area (Å²) in [5, 5.41) is 33.3. The van der Waals surface area contributed by atoms with Crippen LogP contribution in [0.4, 0.5) is 19.0 Å². The minimum atomic E-state index is -4.54. The highest BCUT2D eigenvalue weighted by molar-refractivity contribution is 6.00. The molecule has 4 rings (SSSR count). The third kappa shape index (κ3) is 3.98. The third-order valence-electron chi connectivity index (χ3n) is 5.25. The summed E-state index contributed by atoms with van der Waals surface area (Å²) >= 11 is 0. The normalized spacial score (nSPS) is 20.0. The summed E-state index contributed by atoms with van der Waals surface area (Å²) < 4.78 is 38.7. The molecule has 0 saturated heterocycles. The Labute approximate surface area is 165 Å². The molecule has 3 aromatic rings. The Morgan fingerprint density at radius 1 is 1.00 bits per heavy atom. The van der Waals surface area contributed by atoms with Gasteiger partial charge in [0.25, 0.3) is 0 Å². The second kappa shape index (κ2) is 7.51. The van der Waals surface area contributed by atoms with Crippen LogP contribution in [0.2, 0.25) is 0 Å². The Balaban J connectivity index is 1.74. The van der Waals surface area contributed by atoms with E-state index in [0.29, 0.717) is 29.4 Å². The quantitative estimate of drug-likeness (QED) is 0.589. The van der Waals surface area contributed by atoms with E-state index in [-0.39, 0.29) is 17.7 Å². The maximum Gasteiger partial charge on any atom is 0.416 e. The molecule has 0 aliphatic heterocycles. The first kappa shape index (κ1) is 19.4. The molecule has 8 heteroatoms. The number of benzene rings is 2. The molecule has 1 saturated carbocycles. The van der Waals surface area contributed by atoms with Crippen LogP contribution in [-0.4, -0.2) is 32.6 Å². The SMILES string of the molecule is Oc1cc(C(F)(F)F)ccc1-c1nnc(N[C@H]2CCC[C@H](O)C2)c2ccccc12. The predicted molar refractivity (Wildman–Crippen MR) is 104 cm³/mol. The Hall–Kier alpha value is -2.87. The lowest BCUT2D eigenvalue weighted by Gasteiger charge is -2.27. The van der Waals surface area contributed by atoms with E-state index in [1.807, 2.05) is 12.1 Å². The molecule has 0 spiro atoms. The number of phenolic OH excluding ortho intramolecular Hbond substituents is 1. The van der Waals surface area contributed by atoms with Crippen LogP contribution in [0, 0.1) is 0 Å². The summed E-state index contributed by atoms with van der Waals surface area (Å²) in [6.45, 7) is 0. The van der Waals surface area contributed by atoms with Gasteiger partial charge in [-0.1, -0.05) is 24.3 Å². The molecule has 2 atom stereocenters. The first-order chi connectivity index (χ1) is 13.8. The molecule has 2 aromatic carbocycles. The zero-order valence-electron chi connectivity index (χ0n) is 15.4. The monoisotopic (exact) mass is 403 g/mol. The minimum Gasteiger partial charge on any atom is -0.507 e. The zero-order chi connectivity index (χ0) is 20.6. The molecule has 0 unspecified atom stereocenters. The van der Waals surface area contributed by atoms with Gasteiger partial charge >= 0.3 is 6.18 Å². The van der Waals surface area contributed by atoms with Crippen LogP contribution in [0.3, 0.4) is 0 Å². The Kier molecular flexibility index (Phi) is 5.04. The maximum absolute atomic E-state index is 12.9. The minimum absolute atomic E-state index is 0.0711. The number of hydrogen-bond donors (Lipinski definition) is 3. The molecule has 5 nitrogen and oxygen atoms in total. The van der Waals surface area contributed by atoms with Crippen LogP contribution >= 0.6 is 0 Å². The lowest BCUT2D eigenvalue weighted by Crippen LogP contribution is -2.30.